The zero-order chi connectivity index (χ0) is 23.6. The van der Waals surface area contributed by atoms with E-state index in [2.05, 4.69) is 65.6 Å². The molecule has 2 aromatic carbocycles. The molecule has 0 N–H and O–H groups in total. The van der Waals surface area contributed by atoms with Crippen molar-refractivity contribution in [2.45, 2.75) is 12.1 Å². The summed E-state index contributed by atoms with van der Waals surface area (Å²) in [7, 11) is -1.90. The number of carbonyl (C=O) groups is 2. The minimum atomic E-state index is -1.90. The number of Topliss-reactive ketones (excluding diaryl/α,β-unsaturated/α-hetero) is 2. The zero-order valence-corrected chi connectivity index (χ0v) is 23.2. The third-order valence-electron chi connectivity index (χ3n) is 7.43. The molecular weight excluding hydrogens is 584 g/mol. The van der Waals surface area contributed by atoms with Gasteiger partial charge in [0.25, 0.3) is 0 Å². The molecule has 1 spiro atoms. The number of allylic oxidation sites excluding steroid dienone is 1. The van der Waals surface area contributed by atoms with Crippen LogP contribution in [-0.4, -0.2) is 61.9 Å². The van der Waals surface area contributed by atoms with Gasteiger partial charge in [-0.15, -0.1) is 0 Å². The molecule has 172 valence electrons. The molecule has 3 aliphatic rings. The van der Waals surface area contributed by atoms with Crippen molar-refractivity contribution >= 4 is 81.0 Å². The van der Waals surface area contributed by atoms with Crippen molar-refractivity contribution in [3.8, 4) is 0 Å². The van der Waals surface area contributed by atoms with Gasteiger partial charge < -0.3 is 0 Å². The maximum atomic E-state index is 12.8. The maximum absolute atomic E-state index is 12.8. The second-order valence-corrected chi connectivity index (χ2v) is 17.3. The summed E-state index contributed by atoms with van der Waals surface area (Å²) in [6, 6.07) is 24.3. The van der Waals surface area contributed by atoms with E-state index < -0.39 is 8.07 Å². The SMILES string of the molecule is O=C1C(=Cc2ccc(N3c4ccccc4[Si]4(CCOCC4)c4ccccc43)[se]2)C(=O)c2c[se]cc21. The van der Waals surface area contributed by atoms with Crippen LogP contribution in [0.5, 0.6) is 0 Å². The predicted octanol–water partition coefficient (Wildman–Crippen LogP) is 3.64. The molecule has 0 radical (unpaired) electrons. The summed E-state index contributed by atoms with van der Waals surface area (Å²) < 4.78 is 8.11. The van der Waals surface area contributed by atoms with Crippen molar-refractivity contribution in [1.29, 1.82) is 0 Å². The van der Waals surface area contributed by atoms with Crippen molar-refractivity contribution in [2.24, 2.45) is 0 Å². The van der Waals surface area contributed by atoms with E-state index >= 15 is 0 Å². The molecule has 2 aliphatic heterocycles. The molecule has 0 saturated carbocycles. The zero-order valence-electron chi connectivity index (χ0n) is 18.8. The fourth-order valence-corrected chi connectivity index (χ4v) is 14.3. The van der Waals surface area contributed by atoms with Crippen molar-refractivity contribution in [2.75, 3.05) is 18.1 Å². The predicted molar refractivity (Wildman–Crippen MR) is 144 cm³/mol. The Bertz CT molecular complexity index is 1460. The molecule has 0 unspecified atom stereocenters. The van der Waals surface area contributed by atoms with Crippen LogP contribution in [-0.2, 0) is 4.74 Å². The first kappa shape index (κ1) is 21.8. The van der Waals surface area contributed by atoms with Crippen molar-refractivity contribution in [1.82, 2.24) is 0 Å². The van der Waals surface area contributed by atoms with Gasteiger partial charge in [-0.25, -0.2) is 0 Å². The van der Waals surface area contributed by atoms with E-state index in [9.17, 15) is 9.59 Å². The van der Waals surface area contributed by atoms with Gasteiger partial charge in [-0.05, 0) is 0 Å². The summed E-state index contributed by atoms with van der Waals surface area (Å²) in [4.78, 5) is 31.9. The van der Waals surface area contributed by atoms with E-state index in [4.69, 9.17) is 4.74 Å². The van der Waals surface area contributed by atoms with Crippen LogP contribution in [0.2, 0.25) is 12.1 Å². The third-order valence-corrected chi connectivity index (χ3v) is 16.1. The van der Waals surface area contributed by atoms with E-state index in [1.165, 1.54) is 26.3 Å². The number of hydrogen-bond acceptors (Lipinski definition) is 4. The van der Waals surface area contributed by atoms with Gasteiger partial charge in [-0.1, -0.05) is 0 Å². The molecule has 0 bridgehead atoms. The van der Waals surface area contributed by atoms with Crippen molar-refractivity contribution < 1.29 is 14.3 Å². The fourth-order valence-electron chi connectivity index (χ4n) is 5.77. The van der Waals surface area contributed by atoms with Gasteiger partial charge in [-0.2, -0.15) is 0 Å². The monoisotopic (exact) mass is 607 g/mol. The Morgan fingerprint density at radius 1 is 0.800 bits per heavy atom. The molecular formula is C28H21NO3Se2Si. The average Bonchev–Trinajstić information content (AvgIpc) is 3.62. The van der Waals surface area contributed by atoms with E-state index in [0.717, 1.165) is 29.7 Å². The van der Waals surface area contributed by atoms with Gasteiger partial charge in [0.1, 0.15) is 0 Å². The first-order chi connectivity index (χ1) is 17.2. The van der Waals surface area contributed by atoms with E-state index in [1.807, 2.05) is 16.0 Å². The molecule has 0 amide bonds. The van der Waals surface area contributed by atoms with Crippen LogP contribution in [0, 0.1) is 0 Å². The summed E-state index contributed by atoms with van der Waals surface area (Å²) in [5.74, 6) is -0.209. The standard InChI is InChI=1S/C28H21NO3Se2Si/c30-27-19(28(31)21-17-33-16-20(21)27)15-18-9-10-26(34-18)29-22-5-1-3-7-24(22)35(13-11-32-12-14-35)25-8-4-2-6-23(25)29/h1-10,15-17H,11-14H2. The molecule has 1 aliphatic carbocycles. The average molecular weight is 605 g/mol. The number of anilines is 3. The van der Waals surface area contributed by atoms with Gasteiger partial charge in [0.05, 0.1) is 0 Å². The van der Waals surface area contributed by atoms with Crippen LogP contribution in [0.15, 0.2) is 76.1 Å². The van der Waals surface area contributed by atoms with E-state index in [-0.39, 0.29) is 40.6 Å². The number of rotatable bonds is 2. The first-order valence-electron chi connectivity index (χ1n) is 11.7. The molecule has 0 atom stereocenters. The van der Waals surface area contributed by atoms with Crippen LogP contribution >= 0.6 is 0 Å². The summed E-state index contributed by atoms with van der Waals surface area (Å²) >= 11 is 0.118. The molecule has 4 heterocycles. The molecule has 35 heavy (non-hydrogen) atoms. The topological polar surface area (TPSA) is 46.6 Å². The summed E-state index contributed by atoms with van der Waals surface area (Å²) in [6.07, 6.45) is 1.84. The second kappa shape index (κ2) is 8.27. The molecule has 4 nitrogen and oxygen atoms in total. The molecule has 1 fully saturated rings. The van der Waals surface area contributed by atoms with Gasteiger partial charge in [-0.3, -0.25) is 0 Å². The normalized spacial score (nSPS) is 17.9. The molecule has 2 aromatic heterocycles. The van der Waals surface area contributed by atoms with Crippen LogP contribution in [0.4, 0.5) is 15.9 Å². The van der Waals surface area contributed by atoms with E-state index in [1.54, 1.807) is 0 Å². The van der Waals surface area contributed by atoms with Crippen LogP contribution in [0.3, 0.4) is 0 Å². The van der Waals surface area contributed by atoms with Crippen molar-refractivity contribution in [3.63, 3.8) is 0 Å². The van der Waals surface area contributed by atoms with E-state index in [0.29, 0.717) is 16.7 Å². The third kappa shape index (κ3) is 3.20. The molecule has 1 saturated heterocycles. The Hall–Kier alpha value is -2.50. The summed E-state index contributed by atoms with van der Waals surface area (Å²) in [5, 5.41) is 3.00. The number of fused-ring (bicyclic) bond motifs is 5. The van der Waals surface area contributed by atoms with Gasteiger partial charge >= 0.3 is 217 Å². The quantitative estimate of drug-likeness (QED) is 0.199. The van der Waals surface area contributed by atoms with Gasteiger partial charge in [0.15, 0.2) is 0 Å². The van der Waals surface area contributed by atoms with Crippen LogP contribution < -0.4 is 15.3 Å². The number of benzene rings is 2. The molecule has 7 heteroatoms. The van der Waals surface area contributed by atoms with Crippen LogP contribution in [0.1, 0.15) is 25.2 Å². The number of hydrogen-bond donors (Lipinski definition) is 0. The van der Waals surface area contributed by atoms with Crippen molar-refractivity contribution in [3.05, 3.63) is 91.7 Å². The Morgan fingerprint density at radius 3 is 2.03 bits per heavy atom. The Labute approximate surface area is 216 Å². The number of ether oxygens (including phenoxy) is 1. The fraction of sp³-hybridized carbons (Fsp3) is 0.143. The summed E-state index contributed by atoms with van der Waals surface area (Å²) in [6.45, 7) is 1.66. The van der Waals surface area contributed by atoms with Gasteiger partial charge in [0, 0.05) is 0 Å². The Kier molecular flexibility index (Phi) is 5.14. The number of ketones is 2. The minimum absolute atomic E-state index is 0.0140. The number of para-hydroxylation sites is 2. The summed E-state index contributed by atoms with van der Waals surface area (Å²) in [5.41, 5.74) is 4.14. The number of nitrogens with zero attached hydrogens (tertiary/aromatic N) is 1. The Balaban J connectivity index is 1.34. The Morgan fingerprint density at radius 2 is 1.40 bits per heavy atom. The molecule has 7 rings (SSSR count). The first-order valence-corrected chi connectivity index (χ1v) is 17.8. The number of carbonyl (C=O) groups excluding carboxylic acids is 2. The molecule has 4 aromatic rings. The van der Waals surface area contributed by atoms with Gasteiger partial charge in [0.2, 0.25) is 0 Å². The second-order valence-electron chi connectivity index (χ2n) is 9.16. The van der Waals surface area contributed by atoms with Crippen LogP contribution in [0.25, 0.3) is 6.08 Å².